The van der Waals surface area contributed by atoms with Crippen LogP contribution in [0.1, 0.15) is 25.1 Å². The van der Waals surface area contributed by atoms with Crippen LogP contribution in [0.15, 0.2) is 35.8 Å². The molecule has 0 aliphatic carbocycles. The number of nitrogen functional groups attached to an aromatic ring is 1. The summed E-state index contributed by atoms with van der Waals surface area (Å²) in [4.78, 5) is 30.0. The zero-order chi connectivity index (χ0) is 26.0. The molecule has 2 heterocycles. The molecule has 1 saturated heterocycles. The molecular weight excluding hydrogens is 446 g/mol. The van der Waals surface area contributed by atoms with Crippen molar-refractivity contribution in [3.63, 3.8) is 0 Å². The third-order valence-corrected chi connectivity index (χ3v) is 5.44. The molecule has 35 heavy (non-hydrogen) atoms. The van der Waals surface area contributed by atoms with Gasteiger partial charge in [-0.1, -0.05) is 20.4 Å². The van der Waals surface area contributed by atoms with E-state index in [1.165, 1.54) is 0 Å². The van der Waals surface area contributed by atoms with Gasteiger partial charge in [-0.3, -0.25) is 4.79 Å². The second-order valence-corrected chi connectivity index (χ2v) is 7.67. The monoisotopic (exact) mass is 483 g/mol. The first-order chi connectivity index (χ1) is 16.9. The predicted molar refractivity (Wildman–Crippen MR) is 141 cm³/mol. The molecule has 3 rings (SSSR count). The number of hydrogen-bond acceptors (Lipinski definition) is 9. The van der Waals surface area contributed by atoms with Gasteiger partial charge in [-0.05, 0) is 38.2 Å². The van der Waals surface area contributed by atoms with Gasteiger partial charge in [0.15, 0.2) is 17.3 Å². The normalized spacial score (nSPS) is 14.0. The molecule has 0 bridgehead atoms. The number of nitrogens with one attached hydrogen (secondary N) is 1. The van der Waals surface area contributed by atoms with Gasteiger partial charge in [-0.2, -0.15) is 4.98 Å². The van der Waals surface area contributed by atoms with E-state index in [0.29, 0.717) is 47.5 Å². The van der Waals surface area contributed by atoms with Crippen LogP contribution >= 0.6 is 0 Å². The minimum absolute atomic E-state index is 0.00305. The lowest BCUT2D eigenvalue weighted by Gasteiger charge is -2.32. The molecule has 0 unspecified atom stereocenters. The quantitative estimate of drug-likeness (QED) is 0.550. The van der Waals surface area contributed by atoms with Crippen LogP contribution in [0.25, 0.3) is 0 Å². The number of piperazine rings is 1. The van der Waals surface area contributed by atoms with E-state index in [9.17, 15) is 4.79 Å². The largest absolute Gasteiger partial charge is 0.493 e. The van der Waals surface area contributed by atoms with E-state index in [-0.39, 0.29) is 18.4 Å². The topological polar surface area (TPSA) is 118 Å². The molecule has 1 aromatic heterocycles. The number of hydrogen-bond donors (Lipinski definition) is 2. The summed E-state index contributed by atoms with van der Waals surface area (Å²) in [5.74, 6) is 1.68. The summed E-state index contributed by atoms with van der Waals surface area (Å²) in [5.41, 5.74) is 8.30. The first kappa shape index (κ1) is 27.6. The van der Waals surface area contributed by atoms with Crippen LogP contribution in [0, 0.1) is 6.92 Å². The summed E-state index contributed by atoms with van der Waals surface area (Å²) in [7, 11) is 5.20. The smallest absolute Gasteiger partial charge is 0.242 e. The number of likely N-dealkylation sites (N-methyl/N-ethyl adjacent to an activating group) is 1. The van der Waals surface area contributed by atoms with Crippen molar-refractivity contribution in [2.75, 3.05) is 65.0 Å². The van der Waals surface area contributed by atoms with E-state index >= 15 is 0 Å². The maximum absolute atomic E-state index is 12.7. The van der Waals surface area contributed by atoms with Gasteiger partial charge in [-0.25, -0.2) is 9.98 Å². The number of aromatic nitrogens is 2. The first-order valence-electron chi connectivity index (χ1n) is 11.6. The maximum atomic E-state index is 12.7. The van der Waals surface area contributed by atoms with Crippen LogP contribution in [0.3, 0.4) is 0 Å². The zero-order valence-corrected chi connectivity index (χ0v) is 21.6. The van der Waals surface area contributed by atoms with Crippen LogP contribution in [-0.2, 0) is 4.79 Å². The summed E-state index contributed by atoms with van der Waals surface area (Å²) in [6.07, 6.45) is 1.64. The number of nitrogens with two attached hydrogens (primary N) is 1. The SMILES string of the molecule is C=CC(=Nc1c(C)nc(N)nc1NCC(=O)N1CCN(C)CC1)c1ccc(OC)c(OC)c1.CC. The van der Waals surface area contributed by atoms with Crippen molar-refractivity contribution in [3.8, 4) is 11.5 Å². The van der Waals surface area contributed by atoms with E-state index in [0.717, 1.165) is 18.7 Å². The van der Waals surface area contributed by atoms with Gasteiger partial charge in [0.05, 0.1) is 32.2 Å². The Hall–Kier alpha value is -3.66. The number of benzene rings is 1. The minimum atomic E-state index is -0.00305. The van der Waals surface area contributed by atoms with Crippen molar-refractivity contribution < 1.29 is 14.3 Å². The zero-order valence-electron chi connectivity index (χ0n) is 21.6. The second-order valence-electron chi connectivity index (χ2n) is 7.67. The standard InChI is InChI=1S/C23H31N7O3.C2H6/c1-6-17(16-7-8-18(32-4)19(13-16)33-5)27-21-15(2)26-23(24)28-22(21)25-14-20(31)30-11-9-29(3)10-12-30;1-2/h6-8,13H,1,9-12,14H2,2-5H3,(H3,24,25,26,28);1-2H3. The average molecular weight is 484 g/mol. The van der Waals surface area contributed by atoms with Crippen LogP contribution < -0.4 is 20.5 Å². The summed E-state index contributed by atoms with van der Waals surface area (Å²) >= 11 is 0. The maximum Gasteiger partial charge on any atom is 0.242 e. The molecule has 3 N–H and O–H groups in total. The summed E-state index contributed by atoms with van der Waals surface area (Å²) < 4.78 is 10.7. The van der Waals surface area contributed by atoms with Crippen molar-refractivity contribution in [2.24, 2.45) is 4.99 Å². The molecule has 1 aliphatic rings. The van der Waals surface area contributed by atoms with E-state index in [4.69, 9.17) is 20.2 Å². The molecule has 1 fully saturated rings. The van der Waals surface area contributed by atoms with Gasteiger partial charge < -0.3 is 30.3 Å². The fraction of sp³-hybridized carbons (Fsp3) is 0.440. The highest BCUT2D eigenvalue weighted by atomic mass is 16.5. The van der Waals surface area contributed by atoms with Gasteiger partial charge in [-0.15, -0.1) is 0 Å². The molecule has 2 aromatic rings. The number of amides is 1. The fourth-order valence-electron chi connectivity index (χ4n) is 3.52. The number of methoxy groups -OCH3 is 2. The van der Waals surface area contributed by atoms with Gasteiger partial charge in [0, 0.05) is 31.7 Å². The van der Waals surface area contributed by atoms with Crippen molar-refractivity contribution in [1.82, 2.24) is 19.8 Å². The van der Waals surface area contributed by atoms with Gasteiger partial charge >= 0.3 is 0 Å². The molecule has 0 atom stereocenters. The van der Waals surface area contributed by atoms with E-state index in [1.807, 2.05) is 37.9 Å². The lowest BCUT2D eigenvalue weighted by atomic mass is 10.1. The molecule has 1 amide bonds. The molecule has 10 heteroatoms. The molecule has 190 valence electrons. The predicted octanol–water partition coefficient (Wildman–Crippen LogP) is 2.90. The molecule has 0 spiro atoms. The lowest BCUT2D eigenvalue weighted by Crippen LogP contribution is -2.48. The van der Waals surface area contributed by atoms with Gasteiger partial charge in [0.2, 0.25) is 11.9 Å². The van der Waals surface area contributed by atoms with E-state index < -0.39 is 0 Å². The van der Waals surface area contributed by atoms with Crippen LogP contribution in [0.5, 0.6) is 11.5 Å². The Morgan fingerprint density at radius 3 is 2.43 bits per heavy atom. The summed E-state index contributed by atoms with van der Waals surface area (Å²) in [5, 5.41) is 3.10. The Morgan fingerprint density at radius 1 is 1.17 bits per heavy atom. The third kappa shape index (κ3) is 7.16. The third-order valence-electron chi connectivity index (χ3n) is 5.44. The number of carbonyl (C=O) groups excluding carboxylic acids is 1. The highest BCUT2D eigenvalue weighted by molar-refractivity contribution is 6.10. The summed E-state index contributed by atoms with van der Waals surface area (Å²) in [6.45, 7) is 12.9. The van der Waals surface area contributed by atoms with Crippen molar-refractivity contribution >= 4 is 29.1 Å². The molecule has 1 aliphatic heterocycles. The number of aliphatic imine (C=N–C) groups is 1. The first-order valence-corrected chi connectivity index (χ1v) is 11.6. The molecular formula is C25H37N7O3. The van der Waals surface area contributed by atoms with Crippen molar-refractivity contribution in [2.45, 2.75) is 20.8 Å². The number of carbonyl (C=O) groups is 1. The molecule has 0 radical (unpaired) electrons. The molecule has 10 nitrogen and oxygen atoms in total. The Balaban J connectivity index is 0.00000210. The van der Waals surface area contributed by atoms with Gasteiger partial charge in [0.1, 0.15) is 5.69 Å². The van der Waals surface area contributed by atoms with Crippen LogP contribution in [0.4, 0.5) is 17.5 Å². The van der Waals surface area contributed by atoms with Crippen LogP contribution in [-0.4, -0.2) is 85.4 Å². The molecule has 0 saturated carbocycles. The number of aryl methyl sites for hydroxylation is 1. The lowest BCUT2D eigenvalue weighted by molar-refractivity contribution is -0.130. The number of ether oxygens (including phenoxy) is 2. The Kier molecular flexibility index (Phi) is 10.5. The van der Waals surface area contributed by atoms with E-state index in [1.54, 1.807) is 33.3 Å². The summed E-state index contributed by atoms with van der Waals surface area (Å²) in [6, 6.07) is 5.48. The highest BCUT2D eigenvalue weighted by Crippen LogP contribution is 2.31. The second kappa shape index (κ2) is 13.3. The number of rotatable bonds is 8. The number of anilines is 2. The minimum Gasteiger partial charge on any atom is -0.493 e. The van der Waals surface area contributed by atoms with E-state index in [2.05, 4.69) is 26.8 Å². The van der Waals surface area contributed by atoms with Crippen molar-refractivity contribution in [1.29, 1.82) is 0 Å². The fourth-order valence-corrected chi connectivity index (χ4v) is 3.52. The number of allylic oxidation sites excluding steroid dienone is 1. The average Bonchev–Trinajstić information content (AvgIpc) is 2.88. The molecule has 1 aromatic carbocycles. The Bertz CT molecular complexity index is 1050. The van der Waals surface area contributed by atoms with Crippen LogP contribution in [0.2, 0.25) is 0 Å². The number of nitrogens with zero attached hydrogens (tertiary/aromatic N) is 5. The highest BCUT2D eigenvalue weighted by Gasteiger charge is 2.20. The van der Waals surface area contributed by atoms with Gasteiger partial charge in [0.25, 0.3) is 0 Å². The Labute approximate surface area is 207 Å². The van der Waals surface area contributed by atoms with Crippen molar-refractivity contribution in [3.05, 3.63) is 42.1 Å². The Morgan fingerprint density at radius 2 is 1.83 bits per heavy atom.